The van der Waals surface area contributed by atoms with Crippen LogP contribution in [-0.2, 0) is 11.3 Å². The Hall–Kier alpha value is -1.55. The van der Waals surface area contributed by atoms with E-state index in [1.165, 1.54) is 0 Å². The number of benzene rings is 1. The Bertz CT molecular complexity index is 613. The van der Waals surface area contributed by atoms with E-state index in [1.54, 1.807) is 0 Å². The monoisotopic (exact) mass is 293 g/mol. The molecule has 0 unspecified atom stereocenters. The summed E-state index contributed by atoms with van der Waals surface area (Å²) in [5.41, 5.74) is 1.48. The van der Waals surface area contributed by atoms with E-state index in [1.807, 2.05) is 49.6 Å². The third kappa shape index (κ3) is 3.12. The first-order valence-corrected chi connectivity index (χ1v) is 7.25. The first-order chi connectivity index (χ1) is 9.43. The fourth-order valence-corrected chi connectivity index (χ4v) is 2.00. The van der Waals surface area contributed by atoms with Crippen LogP contribution in [0, 0.1) is 5.41 Å². The number of Topliss-reactive ketones (excluding diaryl/α,β-unsaturated/α-hetero) is 1. The zero-order chi connectivity index (χ0) is 14.8. The van der Waals surface area contributed by atoms with Crippen molar-refractivity contribution >= 4 is 34.4 Å². The van der Waals surface area contributed by atoms with Gasteiger partial charge < -0.3 is 9.88 Å². The predicted molar refractivity (Wildman–Crippen MR) is 83.4 cm³/mol. The average molecular weight is 294 g/mol. The highest BCUT2D eigenvalue weighted by molar-refractivity contribution is 6.18. The largest absolute Gasteiger partial charge is 0.354 e. The second kappa shape index (κ2) is 5.83. The lowest BCUT2D eigenvalue weighted by atomic mass is 9.91. The number of aromatic nitrogens is 2. The van der Waals surface area contributed by atoms with Crippen LogP contribution >= 0.6 is 11.6 Å². The Morgan fingerprint density at radius 2 is 2.05 bits per heavy atom. The van der Waals surface area contributed by atoms with Crippen LogP contribution < -0.4 is 5.32 Å². The zero-order valence-corrected chi connectivity index (χ0v) is 12.9. The summed E-state index contributed by atoms with van der Waals surface area (Å²) in [6.07, 6.45) is 0. The van der Waals surface area contributed by atoms with E-state index in [2.05, 4.69) is 10.3 Å². The molecule has 2 rings (SSSR count). The van der Waals surface area contributed by atoms with Crippen LogP contribution in [0.2, 0.25) is 0 Å². The maximum atomic E-state index is 12.3. The quantitative estimate of drug-likeness (QED) is 0.861. The first kappa shape index (κ1) is 14.9. The van der Waals surface area contributed by atoms with Crippen molar-refractivity contribution in [2.24, 2.45) is 5.41 Å². The minimum atomic E-state index is -0.366. The van der Waals surface area contributed by atoms with Crippen molar-refractivity contribution in [2.45, 2.75) is 27.3 Å². The lowest BCUT2D eigenvalue weighted by Gasteiger charge is -2.18. The normalized spacial score (nSPS) is 11.8. The van der Waals surface area contributed by atoms with Gasteiger partial charge in [-0.25, -0.2) is 4.98 Å². The van der Waals surface area contributed by atoms with Gasteiger partial charge in [0, 0.05) is 17.8 Å². The molecule has 0 saturated carbocycles. The molecule has 0 aliphatic carbocycles. The summed E-state index contributed by atoms with van der Waals surface area (Å²) >= 11 is 5.71. The van der Waals surface area contributed by atoms with E-state index < -0.39 is 0 Å². The molecular formula is C15H20ClN3O. The molecule has 2 aromatic rings. The van der Waals surface area contributed by atoms with Gasteiger partial charge >= 0.3 is 0 Å². The van der Waals surface area contributed by atoms with Gasteiger partial charge in [-0.2, -0.15) is 0 Å². The molecular weight excluding hydrogens is 274 g/mol. The average Bonchev–Trinajstić information content (AvgIpc) is 2.73. The second-order valence-electron chi connectivity index (χ2n) is 5.80. The number of nitrogens with one attached hydrogen (secondary N) is 1. The molecule has 0 fully saturated rings. The summed E-state index contributed by atoms with van der Waals surface area (Å²) < 4.78 is 1.93. The molecule has 0 bridgehead atoms. The van der Waals surface area contributed by atoms with Crippen molar-refractivity contribution in [3.05, 3.63) is 24.3 Å². The van der Waals surface area contributed by atoms with Crippen molar-refractivity contribution in [3.8, 4) is 0 Å². The minimum absolute atomic E-state index is 0.176. The van der Waals surface area contributed by atoms with Gasteiger partial charge in [0.2, 0.25) is 5.95 Å². The van der Waals surface area contributed by atoms with Gasteiger partial charge in [0.05, 0.1) is 17.6 Å². The van der Waals surface area contributed by atoms with Gasteiger partial charge in [-0.3, -0.25) is 4.79 Å². The molecule has 5 heteroatoms. The van der Waals surface area contributed by atoms with Crippen LogP contribution in [0.3, 0.4) is 0 Å². The van der Waals surface area contributed by atoms with Crippen LogP contribution in [0.25, 0.3) is 11.0 Å². The Labute approximate surface area is 124 Å². The molecule has 1 aromatic carbocycles. The van der Waals surface area contributed by atoms with Gasteiger partial charge in [0.1, 0.15) is 0 Å². The van der Waals surface area contributed by atoms with Gasteiger partial charge in [-0.15, -0.1) is 11.6 Å². The molecule has 0 radical (unpaired) electrons. The highest BCUT2D eigenvalue weighted by Gasteiger charge is 2.23. The predicted octanol–water partition coefficient (Wildman–Crippen LogP) is 3.30. The molecule has 4 nitrogen and oxygen atoms in total. The molecule has 0 atom stereocenters. The van der Waals surface area contributed by atoms with Gasteiger partial charge in [0.15, 0.2) is 5.78 Å². The molecule has 0 amide bonds. The Morgan fingerprint density at radius 1 is 1.35 bits per heavy atom. The third-order valence-corrected chi connectivity index (χ3v) is 3.36. The number of rotatable bonds is 5. The summed E-state index contributed by atoms with van der Waals surface area (Å²) in [4.78, 5) is 16.8. The number of nitrogens with zero attached hydrogens (tertiary/aromatic N) is 2. The van der Waals surface area contributed by atoms with Crippen LogP contribution in [0.1, 0.15) is 20.8 Å². The number of alkyl halides is 1. The van der Waals surface area contributed by atoms with Crippen LogP contribution in [0.15, 0.2) is 24.3 Å². The second-order valence-corrected chi connectivity index (χ2v) is 6.18. The summed E-state index contributed by atoms with van der Waals surface area (Å²) in [5.74, 6) is 1.37. The zero-order valence-electron chi connectivity index (χ0n) is 12.1. The Morgan fingerprint density at radius 3 is 2.70 bits per heavy atom. The molecule has 0 aliphatic heterocycles. The van der Waals surface area contributed by atoms with Gasteiger partial charge in [-0.1, -0.05) is 32.9 Å². The van der Waals surface area contributed by atoms with E-state index in [-0.39, 0.29) is 11.2 Å². The molecule has 1 heterocycles. The maximum absolute atomic E-state index is 12.3. The maximum Gasteiger partial charge on any atom is 0.204 e. The topological polar surface area (TPSA) is 46.9 Å². The smallest absolute Gasteiger partial charge is 0.204 e. The number of halogens is 1. The van der Waals surface area contributed by atoms with E-state index in [0.29, 0.717) is 24.9 Å². The number of imidazole rings is 1. The van der Waals surface area contributed by atoms with Crippen molar-refractivity contribution < 1.29 is 4.79 Å². The van der Waals surface area contributed by atoms with Gasteiger partial charge in [-0.05, 0) is 12.1 Å². The highest BCUT2D eigenvalue weighted by Crippen LogP contribution is 2.22. The molecule has 1 N–H and O–H groups in total. The molecule has 108 valence electrons. The summed E-state index contributed by atoms with van der Waals surface area (Å²) in [5, 5.41) is 3.18. The first-order valence-electron chi connectivity index (χ1n) is 6.72. The molecule has 0 saturated heterocycles. The van der Waals surface area contributed by atoms with Crippen molar-refractivity contribution in [2.75, 3.05) is 17.7 Å². The van der Waals surface area contributed by atoms with Crippen molar-refractivity contribution in [3.63, 3.8) is 0 Å². The number of hydrogen-bond acceptors (Lipinski definition) is 3. The highest BCUT2D eigenvalue weighted by atomic mass is 35.5. The van der Waals surface area contributed by atoms with Crippen LogP contribution in [0.5, 0.6) is 0 Å². The molecule has 1 aromatic heterocycles. The number of hydrogen-bond donors (Lipinski definition) is 1. The summed E-state index contributed by atoms with van der Waals surface area (Å²) in [7, 11) is 0. The van der Waals surface area contributed by atoms with Crippen molar-refractivity contribution in [1.29, 1.82) is 0 Å². The number of ketones is 1. The number of para-hydroxylation sites is 2. The van der Waals surface area contributed by atoms with E-state index in [0.717, 1.165) is 11.0 Å². The van der Waals surface area contributed by atoms with Gasteiger partial charge in [0.25, 0.3) is 0 Å². The minimum Gasteiger partial charge on any atom is -0.354 e. The van der Waals surface area contributed by atoms with E-state index >= 15 is 0 Å². The van der Waals surface area contributed by atoms with Crippen LogP contribution in [-0.4, -0.2) is 27.8 Å². The SMILES string of the molecule is CC(C)(C)C(=O)Cn1c(NCCCl)nc2ccccc21. The molecule has 0 aliphatic rings. The number of carbonyl (C=O) groups is 1. The van der Waals surface area contributed by atoms with Crippen LogP contribution in [0.4, 0.5) is 5.95 Å². The Balaban J connectivity index is 2.40. The number of carbonyl (C=O) groups excluding carboxylic acids is 1. The fraction of sp³-hybridized carbons (Fsp3) is 0.467. The van der Waals surface area contributed by atoms with E-state index in [9.17, 15) is 4.79 Å². The summed E-state index contributed by atoms with van der Waals surface area (Å²) in [6.45, 7) is 6.73. The number of fused-ring (bicyclic) bond motifs is 1. The van der Waals surface area contributed by atoms with Crippen molar-refractivity contribution in [1.82, 2.24) is 9.55 Å². The molecule has 0 spiro atoms. The summed E-state index contributed by atoms with van der Waals surface area (Å²) in [6, 6.07) is 7.81. The fourth-order valence-electron chi connectivity index (χ4n) is 1.91. The van der Waals surface area contributed by atoms with E-state index in [4.69, 9.17) is 11.6 Å². The lowest BCUT2D eigenvalue weighted by Crippen LogP contribution is -2.25. The standard InChI is InChI=1S/C15H20ClN3O/c1-15(2,3)13(20)10-19-12-7-5-4-6-11(12)18-14(19)17-9-8-16/h4-7H,8-10H2,1-3H3,(H,17,18). The third-order valence-electron chi connectivity index (χ3n) is 3.17. The molecule has 20 heavy (non-hydrogen) atoms. The lowest BCUT2D eigenvalue weighted by molar-refractivity contribution is -0.126. The Kier molecular flexibility index (Phi) is 4.33. The number of anilines is 1.